The molecule has 0 bridgehead atoms. The zero-order valence-corrected chi connectivity index (χ0v) is 12.3. The highest BCUT2D eigenvalue weighted by molar-refractivity contribution is 6.36. The highest BCUT2D eigenvalue weighted by atomic mass is 35.5. The van der Waals surface area contributed by atoms with E-state index < -0.39 is 0 Å². The van der Waals surface area contributed by atoms with Crippen molar-refractivity contribution in [1.82, 2.24) is 0 Å². The summed E-state index contributed by atoms with van der Waals surface area (Å²) in [5, 5.41) is 13.3. The predicted octanol–water partition coefficient (Wildman–Crippen LogP) is 4.19. The van der Waals surface area contributed by atoms with E-state index in [1.54, 1.807) is 36.4 Å². The third-order valence-electron chi connectivity index (χ3n) is 2.83. The number of hydrogen-bond donors (Lipinski definition) is 2. The van der Waals surface area contributed by atoms with Crippen LogP contribution in [0.2, 0.25) is 10.0 Å². The van der Waals surface area contributed by atoms with Gasteiger partial charge in [0.1, 0.15) is 5.75 Å². The highest BCUT2D eigenvalue weighted by Gasteiger charge is 2.12. The van der Waals surface area contributed by atoms with Gasteiger partial charge in [0.2, 0.25) is 5.91 Å². The third kappa shape index (κ3) is 3.44. The SMILES string of the molecule is Cc1ccc(NC(=O)Cc2c(Cl)cccc2Cl)c(O)c1. The van der Waals surface area contributed by atoms with Gasteiger partial charge in [-0.25, -0.2) is 0 Å². The van der Waals surface area contributed by atoms with Crippen LogP contribution in [0.3, 0.4) is 0 Å². The molecule has 0 aliphatic rings. The lowest BCUT2D eigenvalue weighted by Gasteiger charge is -2.10. The second kappa shape index (κ2) is 6.16. The van der Waals surface area contributed by atoms with E-state index in [-0.39, 0.29) is 18.1 Å². The average molecular weight is 310 g/mol. The van der Waals surface area contributed by atoms with Gasteiger partial charge in [0.15, 0.2) is 0 Å². The highest BCUT2D eigenvalue weighted by Crippen LogP contribution is 2.27. The largest absolute Gasteiger partial charge is 0.506 e. The van der Waals surface area contributed by atoms with Crippen molar-refractivity contribution >= 4 is 34.8 Å². The van der Waals surface area contributed by atoms with Crippen LogP contribution in [0.1, 0.15) is 11.1 Å². The lowest BCUT2D eigenvalue weighted by Crippen LogP contribution is -2.15. The summed E-state index contributed by atoms with van der Waals surface area (Å²) >= 11 is 12.0. The van der Waals surface area contributed by atoms with E-state index in [1.165, 1.54) is 0 Å². The second-order valence-corrected chi connectivity index (χ2v) is 5.26. The Balaban J connectivity index is 2.13. The topological polar surface area (TPSA) is 49.3 Å². The molecule has 20 heavy (non-hydrogen) atoms. The predicted molar refractivity (Wildman–Crippen MR) is 81.6 cm³/mol. The van der Waals surface area contributed by atoms with Crippen LogP contribution in [0, 0.1) is 6.92 Å². The number of halogens is 2. The monoisotopic (exact) mass is 309 g/mol. The standard InChI is InChI=1S/C15H13Cl2NO2/c1-9-5-6-13(14(19)7-9)18-15(20)8-10-11(16)3-2-4-12(10)17/h2-7,19H,8H2,1H3,(H,18,20). The molecule has 5 heteroatoms. The molecule has 0 unspecified atom stereocenters. The maximum atomic E-state index is 12.0. The van der Waals surface area contributed by atoms with Gasteiger partial charge >= 0.3 is 0 Å². The number of aromatic hydroxyl groups is 1. The van der Waals surface area contributed by atoms with Gasteiger partial charge in [0.05, 0.1) is 12.1 Å². The van der Waals surface area contributed by atoms with E-state index in [9.17, 15) is 9.90 Å². The Bertz CT molecular complexity index is 636. The van der Waals surface area contributed by atoms with Gasteiger partial charge in [0.25, 0.3) is 0 Å². The van der Waals surface area contributed by atoms with Gasteiger partial charge in [-0.2, -0.15) is 0 Å². The molecule has 1 amide bonds. The molecule has 3 nitrogen and oxygen atoms in total. The summed E-state index contributed by atoms with van der Waals surface area (Å²) in [6.45, 7) is 1.86. The summed E-state index contributed by atoms with van der Waals surface area (Å²) in [5.74, 6) is -0.261. The minimum atomic E-state index is -0.292. The fourth-order valence-electron chi connectivity index (χ4n) is 1.80. The molecule has 2 rings (SSSR count). The molecule has 0 fully saturated rings. The van der Waals surface area contributed by atoms with Crippen molar-refractivity contribution in [2.24, 2.45) is 0 Å². The number of phenols is 1. The van der Waals surface area contributed by atoms with Gasteiger partial charge in [-0.1, -0.05) is 35.3 Å². The molecule has 0 aliphatic heterocycles. The minimum absolute atomic E-state index is 0.0311. The lowest BCUT2D eigenvalue weighted by atomic mass is 10.1. The van der Waals surface area contributed by atoms with E-state index in [4.69, 9.17) is 23.2 Å². The summed E-state index contributed by atoms with van der Waals surface area (Å²) in [7, 11) is 0. The molecule has 0 saturated carbocycles. The smallest absolute Gasteiger partial charge is 0.229 e. The fourth-order valence-corrected chi connectivity index (χ4v) is 2.33. The molecule has 104 valence electrons. The van der Waals surface area contributed by atoms with Crippen molar-refractivity contribution in [1.29, 1.82) is 0 Å². The first kappa shape index (κ1) is 14.7. The van der Waals surface area contributed by atoms with E-state index in [2.05, 4.69) is 5.32 Å². The molecule has 0 atom stereocenters. The van der Waals surface area contributed by atoms with Crippen LogP contribution in [-0.2, 0) is 11.2 Å². The Labute approximate surface area is 127 Å². The Morgan fingerprint density at radius 3 is 2.45 bits per heavy atom. The summed E-state index contributed by atoms with van der Waals surface area (Å²) in [4.78, 5) is 12.0. The zero-order valence-electron chi connectivity index (χ0n) is 10.8. The molecule has 2 N–H and O–H groups in total. The number of phenolic OH excluding ortho intramolecular Hbond substituents is 1. The molecular formula is C15H13Cl2NO2. The van der Waals surface area contributed by atoms with Crippen LogP contribution in [0.4, 0.5) is 5.69 Å². The minimum Gasteiger partial charge on any atom is -0.506 e. The van der Waals surface area contributed by atoms with Crippen molar-refractivity contribution in [2.45, 2.75) is 13.3 Å². The third-order valence-corrected chi connectivity index (χ3v) is 3.53. The van der Waals surface area contributed by atoms with Gasteiger partial charge in [-0.15, -0.1) is 0 Å². The fraction of sp³-hybridized carbons (Fsp3) is 0.133. The normalized spacial score (nSPS) is 10.3. The number of benzene rings is 2. The second-order valence-electron chi connectivity index (χ2n) is 4.45. The van der Waals surface area contributed by atoms with Crippen LogP contribution in [0.5, 0.6) is 5.75 Å². The molecule has 2 aromatic rings. The maximum absolute atomic E-state index is 12.0. The molecule has 0 saturated heterocycles. The first-order valence-electron chi connectivity index (χ1n) is 5.99. The van der Waals surface area contributed by atoms with Crippen LogP contribution >= 0.6 is 23.2 Å². The van der Waals surface area contributed by atoms with Crippen LogP contribution < -0.4 is 5.32 Å². The number of amides is 1. The van der Waals surface area contributed by atoms with E-state index >= 15 is 0 Å². The number of nitrogens with one attached hydrogen (secondary N) is 1. The first-order valence-corrected chi connectivity index (χ1v) is 6.75. The maximum Gasteiger partial charge on any atom is 0.229 e. The Hall–Kier alpha value is -1.71. The van der Waals surface area contributed by atoms with E-state index in [1.807, 2.05) is 6.92 Å². The van der Waals surface area contributed by atoms with E-state index in [0.29, 0.717) is 21.3 Å². The number of hydrogen-bond acceptors (Lipinski definition) is 2. The van der Waals surface area contributed by atoms with Crippen molar-refractivity contribution in [3.8, 4) is 5.75 Å². The summed E-state index contributed by atoms with van der Waals surface area (Å²) in [6, 6.07) is 10.1. The Kier molecular flexibility index (Phi) is 4.53. The molecule has 0 spiro atoms. The average Bonchev–Trinajstić information content (AvgIpc) is 2.37. The van der Waals surface area contributed by atoms with Crippen molar-refractivity contribution in [3.63, 3.8) is 0 Å². The number of carbonyl (C=O) groups excluding carboxylic acids is 1. The molecule has 0 heterocycles. The molecule has 0 aliphatic carbocycles. The van der Waals surface area contributed by atoms with Crippen LogP contribution in [0.15, 0.2) is 36.4 Å². The summed E-state index contributed by atoms with van der Waals surface area (Å²) < 4.78 is 0. The number of carbonyl (C=O) groups is 1. The summed E-state index contributed by atoms with van der Waals surface area (Å²) in [5.41, 5.74) is 1.85. The molecule has 0 aromatic heterocycles. The zero-order chi connectivity index (χ0) is 14.7. The van der Waals surface area contributed by atoms with Crippen molar-refractivity contribution < 1.29 is 9.90 Å². The van der Waals surface area contributed by atoms with Crippen LogP contribution in [-0.4, -0.2) is 11.0 Å². The number of aryl methyl sites for hydroxylation is 1. The Morgan fingerprint density at radius 2 is 1.85 bits per heavy atom. The molecular weight excluding hydrogens is 297 g/mol. The van der Waals surface area contributed by atoms with Crippen molar-refractivity contribution in [2.75, 3.05) is 5.32 Å². The first-order chi connectivity index (χ1) is 9.47. The van der Waals surface area contributed by atoms with Gasteiger partial charge in [-0.05, 0) is 42.3 Å². The number of rotatable bonds is 3. The quantitative estimate of drug-likeness (QED) is 0.835. The van der Waals surface area contributed by atoms with E-state index in [0.717, 1.165) is 5.56 Å². The van der Waals surface area contributed by atoms with Gasteiger partial charge in [0, 0.05) is 10.0 Å². The van der Waals surface area contributed by atoms with Gasteiger partial charge in [-0.3, -0.25) is 4.79 Å². The molecule has 2 aromatic carbocycles. The summed E-state index contributed by atoms with van der Waals surface area (Å²) in [6.07, 6.45) is 0.0474. The lowest BCUT2D eigenvalue weighted by molar-refractivity contribution is -0.115. The van der Waals surface area contributed by atoms with Crippen molar-refractivity contribution in [3.05, 3.63) is 57.6 Å². The van der Waals surface area contributed by atoms with Gasteiger partial charge < -0.3 is 10.4 Å². The van der Waals surface area contributed by atoms with Crippen LogP contribution in [0.25, 0.3) is 0 Å². The molecule has 0 radical (unpaired) electrons. The number of anilines is 1. The Morgan fingerprint density at radius 1 is 1.20 bits per heavy atom.